The molecule has 0 N–H and O–H groups in total. The third-order valence-corrected chi connectivity index (χ3v) is 11.8. The Balaban J connectivity index is 4.43. The van der Waals surface area contributed by atoms with Crippen molar-refractivity contribution in [1.82, 2.24) is 0 Å². The maximum Gasteiger partial charge on any atom is 0.306 e. The average molecular weight is 907 g/mol. The lowest BCUT2D eigenvalue weighted by atomic mass is 10.0. The number of carbonyl (C=O) groups is 3. The van der Waals surface area contributed by atoms with E-state index < -0.39 is 6.10 Å². The van der Waals surface area contributed by atoms with Crippen molar-refractivity contribution in [3.05, 3.63) is 72.9 Å². The van der Waals surface area contributed by atoms with Crippen LogP contribution in [-0.2, 0) is 28.6 Å². The molecule has 0 saturated carbocycles. The quantitative estimate of drug-likeness (QED) is 0.0199. The summed E-state index contributed by atoms with van der Waals surface area (Å²) in [6.45, 7) is 6.44. The SMILES string of the molecule is CC/C=C/C=C/C=C/C=C/C=C/CCCC(=O)OCC(COC(=O)CCCCCCCCC/C=C/CCCCCCCC)OC(=O)CCCCCCCCCCCCCCCCCCC. The molecule has 65 heavy (non-hydrogen) atoms. The van der Waals surface area contributed by atoms with E-state index >= 15 is 0 Å². The summed E-state index contributed by atoms with van der Waals surface area (Å²) in [7, 11) is 0. The van der Waals surface area contributed by atoms with Crippen molar-refractivity contribution in [3.63, 3.8) is 0 Å². The Morgan fingerprint density at radius 3 is 1.03 bits per heavy atom. The molecule has 0 saturated heterocycles. The van der Waals surface area contributed by atoms with Crippen LogP contribution < -0.4 is 0 Å². The molecule has 0 bridgehead atoms. The highest BCUT2D eigenvalue weighted by atomic mass is 16.6. The smallest absolute Gasteiger partial charge is 0.306 e. The van der Waals surface area contributed by atoms with Gasteiger partial charge in [-0.15, -0.1) is 0 Å². The van der Waals surface area contributed by atoms with Crippen LogP contribution in [0.2, 0.25) is 0 Å². The van der Waals surface area contributed by atoms with Crippen LogP contribution >= 0.6 is 0 Å². The van der Waals surface area contributed by atoms with Gasteiger partial charge in [0, 0.05) is 19.3 Å². The van der Waals surface area contributed by atoms with E-state index in [0.717, 1.165) is 51.4 Å². The molecule has 374 valence electrons. The number of hydrogen-bond acceptors (Lipinski definition) is 6. The number of ether oxygens (including phenoxy) is 3. The van der Waals surface area contributed by atoms with Gasteiger partial charge in [-0.1, -0.05) is 261 Å². The molecule has 0 fully saturated rings. The maximum absolute atomic E-state index is 12.8. The van der Waals surface area contributed by atoms with Crippen LogP contribution in [0.3, 0.4) is 0 Å². The van der Waals surface area contributed by atoms with Crippen LogP contribution in [0.15, 0.2) is 72.9 Å². The molecule has 1 atom stereocenters. The second-order valence-corrected chi connectivity index (χ2v) is 18.2. The average Bonchev–Trinajstić information content (AvgIpc) is 3.30. The summed E-state index contributed by atoms with van der Waals surface area (Å²) < 4.78 is 16.8. The minimum Gasteiger partial charge on any atom is -0.462 e. The molecule has 0 aliphatic heterocycles. The minimum absolute atomic E-state index is 0.0982. The van der Waals surface area contributed by atoms with Crippen molar-refractivity contribution in [1.29, 1.82) is 0 Å². The zero-order valence-corrected chi connectivity index (χ0v) is 42.7. The zero-order valence-electron chi connectivity index (χ0n) is 42.7. The monoisotopic (exact) mass is 907 g/mol. The van der Waals surface area contributed by atoms with Gasteiger partial charge in [0.15, 0.2) is 6.10 Å². The maximum atomic E-state index is 12.8. The third kappa shape index (κ3) is 51.7. The fourth-order valence-electron chi connectivity index (χ4n) is 7.70. The van der Waals surface area contributed by atoms with Crippen LogP contribution in [0.4, 0.5) is 0 Å². The fourth-order valence-corrected chi connectivity index (χ4v) is 7.70. The molecule has 6 nitrogen and oxygen atoms in total. The molecule has 0 rings (SSSR count). The Hall–Kier alpha value is -3.15. The standard InChI is InChI=1S/C59H102O6/c1-4-7-10-13-16-19-22-25-27-29-31-34-37-40-43-46-49-52-58(61)64-55-56(54-63-57(60)51-48-45-42-39-36-33-24-21-18-15-12-9-6-3)65-59(62)53-50-47-44-41-38-35-32-30-28-26-23-20-17-14-11-8-5-2/h9,12,15,18,21,24-25,27,33,36,39,42,56H,4-8,10-11,13-14,16-17,19-20,22-23,26,28-32,34-35,37-38,40-41,43-55H2,1-3H3/b12-9+,18-15+,24-21+,27-25+,36-33+,42-39+. The first-order valence-corrected chi connectivity index (χ1v) is 27.5. The summed E-state index contributed by atoms with van der Waals surface area (Å²) >= 11 is 0. The minimum atomic E-state index is -0.804. The largest absolute Gasteiger partial charge is 0.462 e. The molecule has 0 aromatic rings. The number of esters is 3. The predicted molar refractivity (Wildman–Crippen MR) is 279 cm³/mol. The Labute approximate surface area is 402 Å². The lowest BCUT2D eigenvalue weighted by Gasteiger charge is -2.18. The molecule has 0 aromatic carbocycles. The number of allylic oxidation sites excluding steroid dienone is 12. The Morgan fingerprint density at radius 2 is 0.631 bits per heavy atom. The molecule has 0 aromatic heterocycles. The van der Waals surface area contributed by atoms with Crippen molar-refractivity contribution in [2.75, 3.05) is 13.2 Å². The Bertz CT molecular complexity index is 1230. The van der Waals surface area contributed by atoms with Crippen LogP contribution in [0.5, 0.6) is 0 Å². The van der Waals surface area contributed by atoms with Crippen molar-refractivity contribution in [2.45, 2.75) is 271 Å². The topological polar surface area (TPSA) is 78.9 Å². The van der Waals surface area contributed by atoms with Gasteiger partial charge in [-0.05, 0) is 57.8 Å². The van der Waals surface area contributed by atoms with E-state index in [1.807, 2.05) is 54.7 Å². The fraction of sp³-hybridized carbons (Fsp3) is 0.746. The highest BCUT2D eigenvalue weighted by Crippen LogP contribution is 2.16. The Kier molecular flexibility index (Phi) is 50.9. The van der Waals surface area contributed by atoms with Gasteiger partial charge in [0.2, 0.25) is 0 Å². The molecule has 6 heteroatoms. The molecule has 0 aliphatic carbocycles. The first kappa shape index (κ1) is 61.9. The van der Waals surface area contributed by atoms with Crippen molar-refractivity contribution >= 4 is 17.9 Å². The van der Waals surface area contributed by atoms with Gasteiger partial charge in [0.1, 0.15) is 13.2 Å². The van der Waals surface area contributed by atoms with Gasteiger partial charge in [0.25, 0.3) is 0 Å². The lowest BCUT2D eigenvalue weighted by molar-refractivity contribution is -0.167. The van der Waals surface area contributed by atoms with E-state index in [-0.39, 0.29) is 37.5 Å². The molecule has 0 amide bonds. The molecule has 0 spiro atoms. The van der Waals surface area contributed by atoms with Gasteiger partial charge in [0.05, 0.1) is 0 Å². The van der Waals surface area contributed by atoms with E-state index in [2.05, 4.69) is 39.0 Å². The highest BCUT2D eigenvalue weighted by molar-refractivity contribution is 5.71. The van der Waals surface area contributed by atoms with Crippen LogP contribution in [0.25, 0.3) is 0 Å². The van der Waals surface area contributed by atoms with Crippen molar-refractivity contribution in [3.8, 4) is 0 Å². The van der Waals surface area contributed by atoms with Crippen molar-refractivity contribution in [2.24, 2.45) is 0 Å². The number of unbranched alkanes of at least 4 members (excludes halogenated alkanes) is 30. The van der Waals surface area contributed by atoms with E-state index in [0.29, 0.717) is 19.3 Å². The zero-order chi connectivity index (χ0) is 47.2. The molecular weight excluding hydrogens is 805 g/mol. The first-order chi connectivity index (χ1) is 32.0. The highest BCUT2D eigenvalue weighted by Gasteiger charge is 2.19. The molecule has 0 radical (unpaired) electrons. The second-order valence-electron chi connectivity index (χ2n) is 18.2. The van der Waals surface area contributed by atoms with E-state index in [9.17, 15) is 14.4 Å². The van der Waals surface area contributed by atoms with Crippen LogP contribution in [0, 0.1) is 0 Å². The van der Waals surface area contributed by atoms with E-state index in [1.54, 1.807) is 0 Å². The molecule has 0 heterocycles. The second kappa shape index (κ2) is 53.5. The van der Waals surface area contributed by atoms with Crippen LogP contribution in [-0.4, -0.2) is 37.2 Å². The van der Waals surface area contributed by atoms with Gasteiger partial charge >= 0.3 is 17.9 Å². The summed E-state index contributed by atoms with van der Waals surface area (Å²) in [5.74, 6) is -0.971. The normalized spacial score (nSPS) is 12.6. The predicted octanol–water partition coefficient (Wildman–Crippen LogP) is 18.2. The Morgan fingerprint density at radius 1 is 0.323 bits per heavy atom. The molecule has 0 aliphatic rings. The number of hydrogen-bond donors (Lipinski definition) is 0. The van der Waals surface area contributed by atoms with E-state index in [4.69, 9.17) is 14.2 Å². The first-order valence-electron chi connectivity index (χ1n) is 27.5. The van der Waals surface area contributed by atoms with Crippen molar-refractivity contribution < 1.29 is 28.6 Å². The summed E-state index contributed by atoms with van der Waals surface area (Å²) in [5, 5.41) is 0. The summed E-state index contributed by atoms with van der Waals surface area (Å²) in [6, 6.07) is 0. The summed E-state index contributed by atoms with van der Waals surface area (Å²) in [4.78, 5) is 38.0. The van der Waals surface area contributed by atoms with Gasteiger partial charge < -0.3 is 14.2 Å². The van der Waals surface area contributed by atoms with Gasteiger partial charge in [-0.2, -0.15) is 0 Å². The van der Waals surface area contributed by atoms with Crippen LogP contribution in [0.1, 0.15) is 265 Å². The van der Waals surface area contributed by atoms with Gasteiger partial charge in [-0.25, -0.2) is 0 Å². The number of carbonyl (C=O) groups excluding carboxylic acids is 3. The lowest BCUT2D eigenvalue weighted by Crippen LogP contribution is -2.30. The van der Waals surface area contributed by atoms with Gasteiger partial charge in [-0.3, -0.25) is 14.4 Å². The molecule has 1 unspecified atom stereocenters. The third-order valence-electron chi connectivity index (χ3n) is 11.8. The summed E-state index contributed by atoms with van der Waals surface area (Å²) in [6.07, 6.45) is 67.6. The number of rotatable bonds is 49. The van der Waals surface area contributed by atoms with E-state index in [1.165, 1.54) is 167 Å². The molecular formula is C59H102O6. The summed E-state index contributed by atoms with van der Waals surface area (Å²) in [5.41, 5.74) is 0.